The van der Waals surface area contributed by atoms with E-state index in [0.717, 1.165) is 12.0 Å². The van der Waals surface area contributed by atoms with Gasteiger partial charge in [-0.3, -0.25) is 4.79 Å². The summed E-state index contributed by atoms with van der Waals surface area (Å²) in [5, 5.41) is 0. The highest BCUT2D eigenvalue weighted by Crippen LogP contribution is 2.23. The Hall–Kier alpha value is -1.00. The lowest BCUT2D eigenvalue weighted by Crippen LogP contribution is -1.95. The molecule has 0 bridgehead atoms. The van der Waals surface area contributed by atoms with Crippen LogP contribution in [0.3, 0.4) is 0 Å². The van der Waals surface area contributed by atoms with E-state index in [0.29, 0.717) is 16.9 Å². The highest BCUT2D eigenvalue weighted by Gasteiger charge is 2.19. The van der Waals surface area contributed by atoms with E-state index in [2.05, 4.69) is 0 Å². The van der Waals surface area contributed by atoms with Gasteiger partial charge in [0, 0.05) is 12.0 Å². The fourth-order valence-corrected chi connectivity index (χ4v) is 1.93. The number of rotatable bonds is 1. The number of carbonyl (C=O) groups excluding carboxylic acids is 1. The monoisotopic (exact) mass is 196 g/mol. The predicted octanol–water partition coefficient (Wildman–Crippen LogP) is 1.40. The summed E-state index contributed by atoms with van der Waals surface area (Å²) in [7, 11) is 0. The molecule has 0 spiro atoms. The quantitative estimate of drug-likeness (QED) is 0.691. The molecule has 0 radical (unpaired) electrons. The number of Topliss-reactive ketones (excluding diaryl/α,β-unsaturated/α-hetero) is 1. The van der Waals surface area contributed by atoms with Crippen molar-refractivity contribution in [3.05, 3.63) is 29.3 Å². The summed E-state index contributed by atoms with van der Waals surface area (Å²) in [6.07, 6.45) is 1.28. The zero-order chi connectivity index (χ0) is 9.42. The zero-order valence-electron chi connectivity index (χ0n) is 6.82. The predicted molar refractivity (Wildman–Crippen MR) is 48.1 cm³/mol. The van der Waals surface area contributed by atoms with Crippen LogP contribution in [-0.4, -0.2) is 14.5 Å². The number of hydrogen-bond acceptors (Lipinski definition) is 2. The normalized spacial score (nSPS) is 17.2. The molecule has 1 aromatic carbocycles. The molecule has 0 amide bonds. The van der Waals surface area contributed by atoms with Crippen molar-refractivity contribution >= 4 is 16.9 Å². The lowest BCUT2D eigenvalue weighted by Gasteiger charge is -1.99. The standard InChI is InChI=1S/C9H8O3S/c10-9-4-2-6-1-3-7(13(11)12)5-8(6)9/h1,3,5H,2,4H2,(H,11,12). The summed E-state index contributed by atoms with van der Waals surface area (Å²) in [5.41, 5.74) is 1.60. The van der Waals surface area contributed by atoms with Crippen molar-refractivity contribution in [2.75, 3.05) is 0 Å². The fraction of sp³-hybridized carbons (Fsp3) is 0.222. The van der Waals surface area contributed by atoms with Crippen molar-refractivity contribution in [2.45, 2.75) is 17.7 Å². The second kappa shape index (κ2) is 3.05. The van der Waals surface area contributed by atoms with Gasteiger partial charge in [0.1, 0.15) is 0 Å². The smallest absolute Gasteiger partial charge is 0.186 e. The lowest BCUT2D eigenvalue weighted by atomic mass is 10.1. The molecule has 0 saturated heterocycles. The van der Waals surface area contributed by atoms with Crippen LogP contribution in [0.25, 0.3) is 0 Å². The molecule has 1 unspecified atom stereocenters. The van der Waals surface area contributed by atoms with Crippen molar-refractivity contribution in [1.82, 2.24) is 0 Å². The van der Waals surface area contributed by atoms with Crippen LogP contribution in [0.2, 0.25) is 0 Å². The van der Waals surface area contributed by atoms with E-state index in [4.69, 9.17) is 4.55 Å². The molecular weight excluding hydrogens is 188 g/mol. The molecule has 0 saturated carbocycles. The highest BCUT2D eigenvalue weighted by atomic mass is 32.2. The Morgan fingerprint density at radius 3 is 2.77 bits per heavy atom. The molecule has 13 heavy (non-hydrogen) atoms. The maximum atomic E-state index is 11.3. The molecule has 1 N–H and O–H groups in total. The summed E-state index contributed by atoms with van der Waals surface area (Å²) >= 11 is -1.99. The summed E-state index contributed by atoms with van der Waals surface area (Å²) in [6.45, 7) is 0. The van der Waals surface area contributed by atoms with Gasteiger partial charge in [-0.1, -0.05) is 6.07 Å². The number of aryl methyl sites for hydroxylation is 1. The molecule has 0 heterocycles. The maximum absolute atomic E-state index is 11.3. The Morgan fingerprint density at radius 2 is 2.08 bits per heavy atom. The van der Waals surface area contributed by atoms with E-state index in [1.54, 1.807) is 12.1 Å². The van der Waals surface area contributed by atoms with Crippen molar-refractivity contribution in [3.63, 3.8) is 0 Å². The van der Waals surface area contributed by atoms with Gasteiger partial charge < -0.3 is 4.55 Å². The van der Waals surface area contributed by atoms with Gasteiger partial charge in [0.2, 0.25) is 0 Å². The third-order valence-electron chi connectivity index (χ3n) is 2.20. The van der Waals surface area contributed by atoms with Gasteiger partial charge in [-0.2, -0.15) is 0 Å². The van der Waals surface area contributed by atoms with E-state index in [1.165, 1.54) is 6.07 Å². The summed E-state index contributed by atoms with van der Waals surface area (Å²) in [5.74, 6) is 0.0716. The van der Waals surface area contributed by atoms with Crippen LogP contribution in [0.1, 0.15) is 22.3 Å². The van der Waals surface area contributed by atoms with Crippen molar-refractivity contribution in [2.24, 2.45) is 0 Å². The van der Waals surface area contributed by atoms with Crippen molar-refractivity contribution in [1.29, 1.82) is 0 Å². The third-order valence-corrected chi connectivity index (χ3v) is 2.86. The van der Waals surface area contributed by atoms with E-state index < -0.39 is 11.1 Å². The van der Waals surface area contributed by atoms with Crippen molar-refractivity contribution in [3.8, 4) is 0 Å². The lowest BCUT2D eigenvalue weighted by molar-refractivity contribution is 0.0994. The second-order valence-electron chi connectivity index (χ2n) is 2.99. The number of benzene rings is 1. The molecule has 0 aliphatic heterocycles. The summed E-state index contributed by atoms with van der Waals surface area (Å²) < 4.78 is 19.5. The van der Waals surface area contributed by atoms with Gasteiger partial charge in [0.25, 0.3) is 0 Å². The molecule has 0 fully saturated rings. The van der Waals surface area contributed by atoms with Crippen LogP contribution in [0.5, 0.6) is 0 Å². The van der Waals surface area contributed by atoms with Crippen LogP contribution in [0.15, 0.2) is 23.1 Å². The third kappa shape index (κ3) is 1.43. The van der Waals surface area contributed by atoms with Gasteiger partial charge >= 0.3 is 0 Å². The van der Waals surface area contributed by atoms with Gasteiger partial charge in [-0.05, 0) is 24.1 Å². The fourth-order valence-electron chi connectivity index (χ4n) is 1.52. The Morgan fingerprint density at radius 1 is 1.31 bits per heavy atom. The maximum Gasteiger partial charge on any atom is 0.186 e. The van der Waals surface area contributed by atoms with Crippen LogP contribution >= 0.6 is 0 Å². The molecule has 0 aromatic heterocycles. The van der Waals surface area contributed by atoms with Crippen LogP contribution < -0.4 is 0 Å². The van der Waals surface area contributed by atoms with Crippen LogP contribution in [0.4, 0.5) is 0 Å². The first-order valence-corrected chi connectivity index (χ1v) is 5.06. The molecule has 68 valence electrons. The molecule has 1 aliphatic carbocycles. The second-order valence-corrected chi connectivity index (χ2v) is 3.96. The molecule has 2 rings (SSSR count). The number of ketones is 1. The largest absolute Gasteiger partial charge is 0.302 e. The Bertz CT molecular complexity index is 398. The molecule has 1 atom stereocenters. The number of fused-ring (bicyclic) bond motifs is 1. The minimum atomic E-state index is -1.99. The van der Waals surface area contributed by atoms with E-state index in [9.17, 15) is 9.00 Å². The van der Waals surface area contributed by atoms with Crippen LogP contribution in [-0.2, 0) is 17.5 Å². The molecule has 1 aromatic rings. The molecule has 3 nitrogen and oxygen atoms in total. The average molecular weight is 196 g/mol. The first-order valence-electron chi connectivity index (χ1n) is 3.95. The first kappa shape index (κ1) is 8.59. The van der Waals surface area contributed by atoms with Crippen molar-refractivity contribution < 1.29 is 13.6 Å². The molecular formula is C9H8O3S. The number of hydrogen-bond donors (Lipinski definition) is 1. The zero-order valence-corrected chi connectivity index (χ0v) is 7.63. The Labute approximate surface area is 78.1 Å². The Kier molecular flexibility index (Phi) is 2.01. The van der Waals surface area contributed by atoms with Gasteiger partial charge in [-0.15, -0.1) is 0 Å². The minimum absolute atomic E-state index is 0.0716. The average Bonchev–Trinajstić information content (AvgIpc) is 2.47. The summed E-state index contributed by atoms with van der Waals surface area (Å²) in [6, 6.07) is 4.86. The van der Waals surface area contributed by atoms with Crippen LogP contribution in [0, 0.1) is 0 Å². The molecule has 1 aliphatic rings. The van der Waals surface area contributed by atoms with E-state index >= 15 is 0 Å². The van der Waals surface area contributed by atoms with Gasteiger partial charge in [0.05, 0.1) is 4.90 Å². The minimum Gasteiger partial charge on any atom is -0.302 e. The highest BCUT2D eigenvalue weighted by molar-refractivity contribution is 7.79. The molecule has 4 heteroatoms. The van der Waals surface area contributed by atoms with Gasteiger partial charge in [0.15, 0.2) is 16.9 Å². The SMILES string of the molecule is O=C1CCc2ccc(S(=O)O)cc21. The first-order chi connectivity index (χ1) is 6.18. The van der Waals surface area contributed by atoms with Gasteiger partial charge in [-0.25, -0.2) is 4.21 Å². The Balaban J connectivity index is 2.54. The number of carbonyl (C=O) groups is 1. The topological polar surface area (TPSA) is 54.4 Å². The van der Waals surface area contributed by atoms with E-state index in [1.807, 2.05) is 0 Å². The summed E-state index contributed by atoms with van der Waals surface area (Å²) in [4.78, 5) is 11.6. The van der Waals surface area contributed by atoms with E-state index in [-0.39, 0.29) is 5.78 Å².